The number of ether oxygens (including phenoxy) is 1. The van der Waals surface area contributed by atoms with Gasteiger partial charge in [-0.05, 0) is 17.9 Å². The minimum Gasteiger partial charge on any atom is -0.464 e. The average molecular weight is 445 g/mol. The van der Waals surface area contributed by atoms with Crippen LogP contribution in [0.5, 0.6) is 0 Å². The number of carbonyl (C=O) groups is 4. The molecule has 31 heavy (non-hydrogen) atoms. The molecule has 2 heterocycles. The molecule has 1 atom stereocenters. The molecule has 3 rings (SSSR count). The second kappa shape index (κ2) is 9.69. The highest BCUT2D eigenvalue weighted by atomic mass is 32.1. The first-order valence-corrected chi connectivity index (χ1v) is 10.7. The van der Waals surface area contributed by atoms with E-state index in [0.29, 0.717) is 5.13 Å². The molecule has 0 saturated carbocycles. The van der Waals surface area contributed by atoms with Crippen molar-refractivity contribution in [1.29, 1.82) is 0 Å². The van der Waals surface area contributed by atoms with Crippen molar-refractivity contribution in [3.63, 3.8) is 0 Å². The number of nitrogens with one attached hydrogen (secondary N) is 2. The summed E-state index contributed by atoms with van der Waals surface area (Å²) >= 11 is 1.21. The zero-order chi connectivity index (χ0) is 22.5. The summed E-state index contributed by atoms with van der Waals surface area (Å²) in [7, 11) is 1.28. The first kappa shape index (κ1) is 22.4. The van der Waals surface area contributed by atoms with Crippen molar-refractivity contribution in [3.05, 3.63) is 46.5 Å². The van der Waals surface area contributed by atoms with Gasteiger partial charge in [0.25, 0.3) is 5.91 Å². The highest BCUT2D eigenvalue weighted by Gasteiger charge is 2.37. The lowest BCUT2D eigenvalue weighted by molar-refractivity contribution is -0.128. The summed E-state index contributed by atoms with van der Waals surface area (Å²) in [6, 6.07) is 7.98. The maximum Gasteiger partial charge on any atom is 0.357 e. The summed E-state index contributed by atoms with van der Waals surface area (Å²) < 4.78 is 4.75. The quantitative estimate of drug-likeness (QED) is 0.478. The Bertz CT molecular complexity index is 989. The van der Waals surface area contributed by atoms with Gasteiger partial charge in [-0.15, -0.1) is 11.3 Å². The first-order chi connectivity index (χ1) is 14.8. The monoisotopic (exact) mass is 444 g/mol. The van der Waals surface area contributed by atoms with Gasteiger partial charge in [0.1, 0.15) is 6.04 Å². The third-order valence-corrected chi connectivity index (χ3v) is 6.02. The van der Waals surface area contributed by atoms with E-state index < -0.39 is 18.0 Å². The van der Waals surface area contributed by atoms with Crippen LogP contribution in [0.25, 0.3) is 0 Å². The Balaban J connectivity index is 1.57. The van der Waals surface area contributed by atoms with E-state index in [0.717, 1.165) is 15.3 Å². The van der Waals surface area contributed by atoms with Crippen LogP contribution in [0, 0.1) is 0 Å². The summed E-state index contributed by atoms with van der Waals surface area (Å²) in [6.45, 7) is 4.02. The van der Waals surface area contributed by atoms with Crippen molar-refractivity contribution < 1.29 is 23.9 Å². The van der Waals surface area contributed by atoms with Crippen LogP contribution < -0.4 is 10.6 Å². The number of hydrogen-bond acceptors (Lipinski definition) is 7. The maximum atomic E-state index is 12.6. The fourth-order valence-corrected chi connectivity index (χ4v) is 4.14. The van der Waals surface area contributed by atoms with Gasteiger partial charge >= 0.3 is 12.0 Å². The number of urea groups is 1. The van der Waals surface area contributed by atoms with Gasteiger partial charge < -0.3 is 15.4 Å². The van der Waals surface area contributed by atoms with Crippen LogP contribution in [0.1, 0.15) is 53.5 Å². The summed E-state index contributed by atoms with van der Waals surface area (Å²) in [6.07, 6.45) is 0.175. The Kier molecular flexibility index (Phi) is 7.01. The summed E-state index contributed by atoms with van der Waals surface area (Å²) in [4.78, 5) is 55.0. The predicted molar refractivity (Wildman–Crippen MR) is 115 cm³/mol. The number of aromatic nitrogens is 1. The lowest BCUT2D eigenvalue weighted by Gasteiger charge is -2.13. The number of nitrogens with zero attached hydrogens (tertiary/aromatic N) is 2. The zero-order valence-electron chi connectivity index (χ0n) is 17.5. The number of rotatable bonds is 8. The Labute approximate surface area is 183 Å². The molecule has 0 radical (unpaired) electrons. The number of imide groups is 1. The molecule has 4 amide bonds. The van der Waals surface area contributed by atoms with Gasteiger partial charge in [0.2, 0.25) is 5.91 Å². The summed E-state index contributed by atoms with van der Waals surface area (Å²) in [5.74, 6) is -1.23. The molecule has 0 aliphatic carbocycles. The van der Waals surface area contributed by atoms with Crippen molar-refractivity contribution in [3.8, 4) is 0 Å². The van der Waals surface area contributed by atoms with Crippen LogP contribution in [0.15, 0.2) is 30.3 Å². The minimum atomic E-state index is -0.755. The van der Waals surface area contributed by atoms with Crippen LogP contribution in [-0.4, -0.2) is 46.9 Å². The second-order valence-corrected chi connectivity index (χ2v) is 8.41. The Morgan fingerprint density at radius 2 is 1.97 bits per heavy atom. The number of hydrogen-bond donors (Lipinski definition) is 2. The maximum absolute atomic E-state index is 12.6. The number of methoxy groups -OCH3 is 1. The molecule has 1 aromatic carbocycles. The Morgan fingerprint density at radius 3 is 2.61 bits per heavy atom. The molecular formula is C21H24N4O5S. The van der Waals surface area contributed by atoms with Crippen LogP contribution >= 0.6 is 11.3 Å². The summed E-state index contributed by atoms with van der Waals surface area (Å²) in [5.41, 5.74) is 1.03. The molecule has 1 aliphatic rings. The highest BCUT2D eigenvalue weighted by Crippen LogP contribution is 2.30. The van der Waals surface area contributed by atoms with Gasteiger partial charge in [0.05, 0.1) is 13.7 Å². The fraction of sp³-hybridized carbons (Fsp3) is 0.381. The number of anilines is 1. The number of esters is 1. The van der Waals surface area contributed by atoms with Crippen molar-refractivity contribution in [1.82, 2.24) is 15.2 Å². The van der Waals surface area contributed by atoms with E-state index >= 15 is 0 Å². The molecule has 1 aromatic heterocycles. The predicted octanol–water partition coefficient (Wildman–Crippen LogP) is 2.89. The molecule has 10 heteroatoms. The zero-order valence-corrected chi connectivity index (χ0v) is 18.3. The largest absolute Gasteiger partial charge is 0.464 e. The molecule has 0 unspecified atom stereocenters. The third-order valence-electron chi connectivity index (χ3n) is 4.75. The van der Waals surface area contributed by atoms with Crippen molar-refractivity contribution in [2.24, 2.45) is 0 Å². The molecule has 1 saturated heterocycles. The molecular weight excluding hydrogens is 420 g/mol. The number of benzene rings is 1. The van der Waals surface area contributed by atoms with Crippen LogP contribution in [0.4, 0.5) is 9.93 Å². The van der Waals surface area contributed by atoms with E-state index in [1.54, 1.807) is 0 Å². The van der Waals surface area contributed by atoms with Crippen molar-refractivity contribution >= 4 is 40.3 Å². The van der Waals surface area contributed by atoms with E-state index in [9.17, 15) is 19.2 Å². The molecule has 0 spiro atoms. The lowest BCUT2D eigenvalue weighted by atomic mass is 10.1. The van der Waals surface area contributed by atoms with E-state index in [-0.39, 0.29) is 42.8 Å². The topological polar surface area (TPSA) is 118 Å². The van der Waals surface area contributed by atoms with E-state index in [1.165, 1.54) is 18.4 Å². The van der Waals surface area contributed by atoms with Crippen LogP contribution in [-0.2, 0) is 20.9 Å². The smallest absolute Gasteiger partial charge is 0.357 e. The van der Waals surface area contributed by atoms with Gasteiger partial charge in [0.15, 0.2) is 10.8 Å². The highest BCUT2D eigenvalue weighted by molar-refractivity contribution is 7.16. The fourth-order valence-electron chi connectivity index (χ4n) is 3.17. The second-order valence-electron chi connectivity index (χ2n) is 7.38. The average Bonchev–Trinajstić information content (AvgIpc) is 3.29. The molecule has 9 nitrogen and oxygen atoms in total. The van der Waals surface area contributed by atoms with Gasteiger partial charge in [-0.2, -0.15) is 0 Å². The standard InChI is InChI=1S/C21H24N4O5S/c1-12(2)17-16(19(28)30-3)24-20(31-17)23-15(26)10-9-14-18(27)25(21(29)22-14)11-13-7-5-4-6-8-13/h4-8,12,14H,9-11H2,1-3H3,(H,22,29)(H,23,24,26)/t14-/m1/s1. The normalized spacial score (nSPS) is 15.9. The van der Waals surface area contributed by atoms with Gasteiger partial charge in [-0.3, -0.25) is 14.5 Å². The number of carbonyl (C=O) groups excluding carboxylic acids is 4. The molecule has 2 N–H and O–H groups in total. The van der Waals surface area contributed by atoms with Gasteiger partial charge in [0, 0.05) is 11.3 Å². The van der Waals surface area contributed by atoms with E-state index in [4.69, 9.17) is 4.74 Å². The molecule has 1 fully saturated rings. The van der Waals surface area contributed by atoms with Gasteiger partial charge in [-0.1, -0.05) is 44.2 Å². The van der Waals surface area contributed by atoms with Crippen LogP contribution in [0.3, 0.4) is 0 Å². The molecule has 0 bridgehead atoms. The molecule has 2 aromatic rings. The van der Waals surface area contributed by atoms with Crippen LogP contribution in [0.2, 0.25) is 0 Å². The SMILES string of the molecule is COC(=O)c1nc(NC(=O)CC[C@H]2NC(=O)N(Cc3ccccc3)C2=O)sc1C(C)C. The summed E-state index contributed by atoms with van der Waals surface area (Å²) in [5, 5.41) is 5.58. The molecule has 1 aliphatic heterocycles. The Morgan fingerprint density at radius 1 is 1.26 bits per heavy atom. The first-order valence-electron chi connectivity index (χ1n) is 9.84. The third kappa shape index (κ3) is 5.26. The van der Waals surface area contributed by atoms with E-state index in [1.807, 2.05) is 44.2 Å². The minimum absolute atomic E-state index is 0.0139. The number of amides is 4. The number of thiazole rings is 1. The lowest BCUT2D eigenvalue weighted by Crippen LogP contribution is -2.31. The van der Waals surface area contributed by atoms with Gasteiger partial charge in [-0.25, -0.2) is 14.6 Å². The Hall–Kier alpha value is -3.27. The van der Waals surface area contributed by atoms with Crippen molar-refractivity contribution in [2.45, 2.75) is 45.2 Å². The molecule has 164 valence electrons. The van der Waals surface area contributed by atoms with E-state index in [2.05, 4.69) is 15.6 Å². The van der Waals surface area contributed by atoms with Crippen molar-refractivity contribution in [2.75, 3.05) is 12.4 Å².